The van der Waals surface area contributed by atoms with Gasteiger partial charge in [0.05, 0.1) is 12.7 Å². The van der Waals surface area contributed by atoms with Gasteiger partial charge in [-0.15, -0.1) is 0 Å². The lowest BCUT2D eigenvalue weighted by Gasteiger charge is -1.97. The summed E-state index contributed by atoms with van der Waals surface area (Å²) >= 11 is 0. The number of rotatable bonds is 3. The maximum atomic E-state index is 8.42. The molecule has 0 amide bonds. The molecule has 3 nitrogen and oxygen atoms in total. The lowest BCUT2D eigenvalue weighted by molar-refractivity contribution is 0.0923. The van der Waals surface area contributed by atoms with E-state index in [0.29, 0.717) is 13.0 Å². The van der Waals surface area contributed by atoms with Crippen LogP contribution in [0, 0.1) is 0 Å². The van der Waals surface area contributed by atoms with E-state index in [1.54, 1.807) is 0 Å². The molecule has 1 atom stereocenters. The highest BCUT2D eigenvalue weighted by Gasteiger charge is 1.92. The van der Waals surface area contributed by atoms with Crippen molar-refractivity contribution in [3.8, 4) is 0 Å². The minimum Gasteiger partial charge on any atom is -0.396 e. The number of hydrogen-bond acceptors (Lipinski definition) is 3. The Labute approximate surface area is 62.3 Å². The summed E-state index contributed by atoms with van der Waals surface area (Å²) in [5.74, 6) is 0. The van der Waals surface area contributed by atoms with Crippen LogP contribution < -0.4 is 0 Å². The fourth-order valence-electron chi connectivity index (χ4n) is 0.129. The van der Waals surface area contributed by atoms with Crippen molar-refractivity contribution < 1.29 is 15.3 Å². The predicted molar refractivity (Wildman–Crippen MR) is 40.8 cm³/mol. The second-order valence-electron chi connectivity index (χ2n) is 1.97. The van der Waals surface area contributed by atoms with Gasteiger partial charge in [0, 0.05) is 6.61 Å². The van der Waals surface area contributed by atoms with Gasteiger partial charge in [0.15, 0.2) is 0 Å². The van der Waals surface area contributed by atoms with Crippen LogP contribution in [0.25, 0.3) is 0 Å². The van der Waals surface area contributed by atoms with Gasteiger partial charge in [0.25, 0.3) is 0 Å². The molecule has 3 heteroatoms. The van der Waals surface area contributed by atoms with E-state index in [4.69, 9.17) is 15.3 Å². The molecule has 0 fully saturated rings. The second-order valence-corrected chi connectivity index (χ2v) is 1.97. The highest BCUT2D eigenvalue weighted by atomic mass is 16.3. The number of aliphatic hydroxyl groups excluding tert-OH is 3. The van der Waals surface area contributed by atoms with E-state index in [-0.39, 0.29) is 6.61 Å². The molecule has 0 aromatic heterocycles. The Balaban J connectivity index is 0. The van der Waals surface area contributed by atoms with Crippen LogP contribution in [-0.4, -0.2) is 34.6 Å². The van der Waals surface area contributed by atoms with Crippen molar-refractivity contribution in [3.63, 3.8) is 0 Å². The first-order valence-electron chi connectivity index (χ1n) is 3.62. The van der Waals surface area contributed by atoms with Gasteiger partial charge in [-0.05, 0) is 12.8 Å². The second kappa shape index (κ2) is 11.6. The normalized spacial score (nSPS) is 11.7. The van der Waals surface area contributed by atoms with Gasteiger partial charge in [0.1, 0.15) is 0 Å². The van der Waals surface area contributed by atoms with Crippen LogP contribution in [-0.2, 0) is 0 Å². The Kier molecular flexibility index (Phi) is 14.6. The molecule has 0 spiro atoms. The molecule has 0 heterocycles. The van der Waals surface area contributed by atoms with Crippen LogP contribution in [0.2, 0.25) is 0 Å². The van der Waals surface area contributed by atoms with Crippen LogP contribution >= 0.6 is 0 Å². The Morgan fingerprint density at radius 1 is 1.20 bits per heavy atom. The molecule has 3 N–H and O–H groups in total. The number of hydrogen-bond donors (Lipinski definition) is 3. The van der Waals surface area contributed by atoms with Crippen LogP contribution in [0.1, 0.15) is 26.7 Å². The molecule has 64 valence electrons. The van der Waals surface area contributed by atoms with Gasteiger partial charge >= 0.3 is 0 Å². The predicted octanol–water partition coefficient (Wildman–Crippen LogP) is 0.138. The zero-order valence-electron chi connectivity index (χ0n) is 6.75. The van der Waals surface area contributed by atoms with E-state index >= 15 is 0 Å². The summed E-state index contributed by atoms with van der Waals surface area (Å²) in [5.41, 5.74) is 0. The average Bonchev–Trinajstić information content (AvgIpc) is 2.03. The molecule has 0 aromatic carbocycles. The topological polar surface area (TPSA) is 60.7 Å². The third-order valence-corrected chi connectivity index (χ3v) is 0.906. The van der Waals surface area contributed by atoms with Crippen molar-refractivity contribution in [2.45, 2.75) is 32.8 Å². The zero-order valence-corrected chi connectivity index (χ0v) is 6.75. The first-order valence-corrected chi connectivity index (χ1v) is 3.62. The molecule has 0 aliphatic heterocycles. The minimum absolute atomic E-state index is 0.115. The molecule has 0 aliphatic rings. The Hall–Kier alpha value is -0.120. The van der Waals surface area contributed by atoms with Crippen LogP contribution in [0.15, 0.2) is 0 Å². The van der Waals surface area contributed by atoms with Gasteiger partial charge in [-0.2, -0.15) is 0 Å². The third-order valence-electron chi connectivity index (χ3n) is 0.906. The summed E-state index contributed by atoms with van der Waals surface area (Å²) in [6.07, 6.45) is 1.00. The van der Waals surface area contributed by atoms with E-state index in [9.17, 15) is 0 Å². The largest absolute Gasteiger partial charge is 0.396 e. The zero-order chi connectivity index (χ0) is 8.41. The van der Waals surface area contributed by atoms with Crippen molar-refractivity contribution in [2.75, 3.05) is 13.2 Å². The van der Waals surface area contributed by atoms with Gasteiger partial charge in [-0.25, -0.2) is 0 Å². The Bertz CT molecular complexity index is 42.1. The molecule has 0 bridgehead atoms. The molecule has 0 saturated carbocycles. The third kappa shape index (κ3) is 15.7. The van der Waals surface area contributed by atoms with Gasteiger partial charge in [-0.1, -0.05) is 13.8 Å². The van der Waals surface area contributed by atoms with Crippen molar-refractivity contribution in [3.05, 3.63) is 0 Å². The van der Waals surface area contributed by atoms with Crippen molar-refractivity contribution in [2.24, 2.45) is 0 Å². The molecular formula is C7H18O3. The molecule has 0 aromatic rings. The number of aliphatic hydroxyl groups is 3. The summed E-state index contributed by atoms with van der Waals surface area (Å²) in [6, 6.07) is 0. The Morgan fingerprint density at radius 3 is 1.60 bits per heavy atom. The highest BCUT2D eigenvalue weighted by Crippen LogP contribution is 1.83. The summed E-state index contributed by atoms with van der Waals surface area (Å²) in [5, 5.41) is 24.4. The van der Waals surface area contributed by atoms with Gasteiger partial charge < -0.3 is 15.3 Å². The SMILES string of the molecule is CCC(O)CO.CCCO. The van der Waals surface area contributed by atoms with Crippen molar-refractivity contribution in [1.82, 2.24) is 0 Å². The summed E-state index contributed by atoms with van der Waals surface area (Å²) < 4.78 is 0. The molecule has 0 rings (SSSR count). The van der Waals surface area contributed by atoms with Gasteiger partial charge in [-0.3, -0.25) is 0 Å². The van der Waals surface area contributed by atoms with Crippen LogP contribution in [0.4, 0.5) is 0 Å². The first-order chi connectivity index (χ1) is 4.72. The minimum atomic E-state index is -0.509. The monoisotopic (exact) mass is 150 g/mol. The van der Waals surface area contributed by atoms with E-state index in [2.05, 4.69) is 0 Å². The summed E-state index contributed by atoms with van der Waals surface area (Å²) in [6.45, 7) is 3.96. The van der Waals surface area contributed by atoms with E-state index in [1.807, 2.05) is 13.8 Å². The average molecular weight is 150 g/mol. The molecular weight excluding hydrogens is 132 g/mol. The van der Waals surface area contributed by atoms with Crippen molar-refractivity contribution in [1.29, 1.82) is 0 Å². The quantitative estimate of drug-likeness (QED) is 0.536. The first kappa shape index (κ1) is 12.5. The van der Waals surface area contributed by atoms with E-state index in [0.717, 1.165) is 6.42 Å². The van der Waals surface area contributed by atoms with Crippen LogP contribution in [0.5, 0.6) is 0 Å². The molecule has 0 saturated heterocycles. The lowest BCUT2D eigenvalue weighted by Crippen LogP contribution is -2.08. The molecule has 10 heavy (non-hydrogen) atoms. The van der Waals surface area contributed by atoms with E-state index < -0.39 is 6.10 Å². The lowest BCUT2D eigenvalue weighted by atomic mass is 10.3. The maximum Gasteiger partial charge on any atom is 0.0768 e. The summed E-state index contributed by atoms with van der Waals surface area (Å²) in [7, 11) is 0. The maximum absolute atomic E-state index is 8.42. The molecule has 1 unspecified atom stereocenters. The Morgan fingerprint density at radius 2 is 1.60 bits per heavy atom. The van der Waals surface area contributed by atoms with E-state index in [1.165, 1.54) is 0 Å². The van der Waals surface area contributed by atoms with Gasteiger partial charge in [0.2, 0.25) is 0 Å². The molecule has 0 radical (unpaired) electrons. The van der Waals surface area contributed by atoms with Crippen molar-refractivity contribution >= 4 is 0 Å². The highest BCUT2D eigenvalue weighted by molar-refractivity contribution is 4.43. The smallest absolute Gasteiger partial charge is 0.0768 e. The fourth-order valence-corrected chi connectivity index (χ4v) is 0.129. The van der Waals surface area contributed by atoms with Crippen LogP contribution in [0.3, 0.4) is 0 Å². The standard InChI is InChI=1S/C4H10O2.C3H8O/c1-2-4(6)3-5;1-2-3-4/h4-6H,2-3H2,1H3;4H,2-3H2,1H3. The fraction of sp³-hybridized carbons (Fsp3) is 1.00. The summed E-state index contributed by atoms with van der Waals surface area (Å²) in [4.78, 5) is 0. The molecule has 0 aliphatic carbocycles.